The molecular weight excluding hydrogens is 229 g/mol. The Hall–Kier alpha value is -2.16. The minimum atomic E-state index is -0.235. The molecule has 0 saturated carbocycles. The molecule has 0 fully saturated rings. The number of benzene rings is 1. The summed E-state index contributed by atoms with van der Waals surface area (Å²) in [6.07, 6.45) is 7.54. The Balaban J connectivity index is 2.56. The second kappa shape index (κ2) is 7.22. The second-order valence-electron chi connectivity index (χ2n) is 3.87. The fourth-order valence-corrected chi connectivity index (χ4v) is 1.39. The van der Waals surface area contributed by atoms with E-state index in [2.05, 4.69) is 6.58 Å². The summed E-state index contributed by atoms with van der Waals surface area (Å²) in [6.45, 7) is 4.20. The van der Waals surface area contributed by atoms with E-state index >= 15 is 0 Å². The third-order valence-electron chi connectivity index (χ3n) is 2.35. The molecule has 0 heterocycles. The van der Waals surface area contributed by atoms with Gasteiger partial charge in [-0.25, -0.2) is 4.39 Å². The first kappa shape index (κ1) is 13.9. The average Bonchev–Trinajstić information content (AvgIpc) is 2.37. The lowest BCUT2D eigenvalue weighted by molar-refractivity contribution is -0.104. The van der Waals surface area contributed by atoms with Crippen LogP contribution in [0.25, 0.3) is 0 Å². The van der Waals surface area contributed by atoms with Crippen molar-refractivity contribution in [1.82, 2.24) is 4.90 Å². The molecule has 0 aromatic heterocycles. The highest BCUT2D eigenvalue weighted by Crippen LogP contribution is 2.05. The topological polar surface area (TPSA) is 20.3 Å². The lowest BCUT2D eigenvalue weighted by Crippen LogP contribution is -2.09. The maximum absolute atomic E-state index is 12.7. The van der Waals surface area contributed by atoms with E-state index in [0.717, 1.165) is 11.8 Å². The highest BCUT2D eigenvalue weighted by molar-refractivity contribution is 5.77. The molecule has 0 radical (unpaired) electrons. The van der Waals surface area contributed by atoms with Crippen molar-refractivity contribution in [2.45, 2.75) is 6.54 Å². The van der Waals surface area contributed by atoms with Gasteiger partial charge in [0.25, 0.3) is 0 Å². The number of halogens is 1. The standard InChI is InChI=1S/C15H16FNO/c1-3-13(12-18)5-4-10-17(2)11-14-6-8-15(16)9-7-14/h3-10,12H,1,11H2,2H3/b10-4+,13-5+. The maximum Gasteiger partial charge on any atom is 0.150 e. The number of hydrogen-bond acceptors (Lipinski definition) is 2. The summed E-state index contributed by atoms with van der Waals surface area (Å²) in [7, 11) is 1.90. The first-order chi connectivity index (χ1) is 8.65. The van der Waals surface area contributed by atoms with Crippen LogP contribution in [0.3, 0.4) is 0 Å². The van der Waals surface area contributed by atoms with Crippen LogP contribution in [0.4, 0.5) is 4.39 Å². The zero-order valence-corrected chi connectivity index (χ0v) is 10.3. The van der Waals surface area contributed by atoms with Gasteiger partial charge in [-0.1, -0.05) is 30.9 Å². The summed E-state index contributed by atoms with van der Waals surface area (Å²) >= 11 is 0. The molecular formula is C15H16FNO. The Labute approximate surface area is 107 Å². The van der Waals surface area contributed by atoms with E-state index in [1.165, 1.54) is 18.2 Å². The number of carbonyl (C=O) groups excluding carboxylic acids is 1. The third-order valence-corrected chi connectivity index (χ3v) is 2.35. The van der Waals surface area contributed by atoms with E-state index in [9.17, 15) is 9.18 Å². The summed E-state index contributed by atoms with van der Waals surface area (Å²) in [5, 5.41) is 0. The first-order valence-electron chi connectivity index (χ1n) is 5.56. The molecule has 3 heteroatoms. The van der Waals surface area contributed by atoms with Gasteiger partial charge in [0, 0.05) is 19.2 Å². The van der Waals surface area contributed by atoms with E-state index < -0.39 is 0 Å². The second-order valence-corrected chi connectivity index (χ2v) is 3.87. The molecule has 1 aromatic rings. The van der Waals surface area contributed by atoms with Crippen molar-refractivity contribution < 1.29 is 9.18 Å². The number of rotatable bonds is 6. The lowest BCUT2D eigenvalue weighted by atomic mass is 10.2. The highest BCUT2D eigenvalue weighted by atomic mass is 19.1. The monoisotopic (exact) mass is 245 g/mol. The molecule has 2 nitrogen and oxygen atoms in total. The molecule has 1 rings (SSSR count). The third kappa shape index (κ3) is 4.78. The molecule has 18 heavy (non-hydrogen) atoms. The van der Waals surface area contributed by atoms with Crippen molar-refractivity contribution in [2.24, 2.45) is 0 Å². The molecule has 0 atom stereocenters. The van der Waals surface area contributed by atoms with Gasteiger partial charge in [-0.15, -0.1) is 0 Å². The molecule has 0 bridgehead atoms. The Kier molecular flexibility index (Phi) is 5.58. The summed E-state index contributed by atoms with van der Waals surface area (Å²) in [5.74, 6) is -0.235. The lowest BCUT2D eigenvalue weighted by Gasteiger charge is -2.13. The molecule has 94 valence electrons. The van der Waals surface area contributed by atoms with Crippen LogP contribution in [-0.4, -0.2) is 18.2 Å². The number of nitrogens with zero attached hydrogens (tertiary/aromatic N) is 1. The smallest absolute Gasteiger partial charge is 0.150 e. The van der Waals surface area contributed by atoms with Crippen molar-refractivity contribution in [2.75, 3.05) is 7.05 Å². The summed E-state index contributed by atoms with van der Waals surface area (Å²) < 4.78 is 12.7. The summed E-state index contributed by atoms with van der Waals surface area (Å²) in [6, 6.07) is 6.37. The van der Waals surface area contributed by atoms with Crippen LogP contribution in [0.1, 0.15) is 5.56 Å². The van der Waals surface area contributed by atoms with Crippen LogP contribution in [0.5, 0.6) is 0 Å². The van der Waals surface area contributed by atoms with Gasteiger partial charge >= 0.3 is 0 Å². The van der Waals surface area contributed by atoms with Gasteiger partial charge in [0.05, 0.1) is 0 Å². The normalized spacial score (nSPS) is 11.6. The molecule has 0 saturated heterocycles. The Morgan fingerprint density at radius 2 is 2.06 bits per heavy atom. The minimum absolute atomic E-state index is 0.235. The van der Waals surface area contributed by atoms with E-state index in [0.29, 0.717) is 12.1 Å². The Morgan fingerprint density at radius 1 is 1.39 bits per heavy atom. The quantitative estimate of drug-likeness (QED) is 0.436. The molecule has 0 N–H and O–H groups in total. The predicted octanol–water partition coefficient (Wildman–Crippen LogP) is 3.08. The zero-order chi connectivity index (χ0) is 13.4. The van der Waals surface area contributed by atoms with Gasteiger partial charge in [-0.3, -0.25) is 4.79 Å². The Bertz CT molecular complexity index is 450. The zero-order valence-electron chi connectivity index (χ0n) is 10.3. The van der Waals surface area contributed by atoms with Crippen LogP contribution in [0, 0.1) is 5.82 Å². The number of hydrogen-bond donors (Lipinski definition) is 0. The van der Waals surface area contributed by atoms with Crippen LogP contribution >= 0.6 is 0 Å². The van der Waals surface area contributed by atoms with Crippen LogP contribution in [0.15, 0.2) is 60.8 Å². The highest BCUT2D eigenvalue weighted by Gasteiger charge is 1.95. The van der Waals surface area contributed by atoms with Crippen LogP contribution < -0.4 is 0 Å². The number of carbonyl (C=O) groups is 1. The van der Waals surface area contributed by atoms with E-state index in [1.807, 2.05) is 18.1 Å². The first-order valence-corrected chi connectivity index (χ1v) is 5.56. The van der Waals surface area contributed by atoms with E-state index in [4.69, 9.17) is 0 Å². The van der Waals surface area contributed by atoms with Crippen molar-refractivity contribution in [3.8, 4) is 0 Å². The fraction of sp³-hybridized carbons (Fsp3) is 0.133. The molecule has 0 aliphatic heterocycles. The van der Waals surface area contributed by atoms with Gasteiger partial charge in [0.2, 0.25) is 0 Å². The van der Waals surface area contributed by atoms with Crippen molar-refractivity contribution in [3.63, 3.8) is 0 Å². The maximum atomic E-state index is 12.7. The van der Waals surface area contributed by atoms with Crippen molar-refractivity contribution >= 4 is 6.29 Å². The SMILES string of the molecule is C=C/C(C=O)=C\C=C\N(C)Cc1ccc(F)cc1. The van der Waals surface area contributed by atoms with Crippen molar-refractivity contribution in [3.05, 3.63) is 72.2 Å². The summed E-state index contributed by atoms with van der Waals surface area (Å²) in [4.78, 5) is 12.5. The molecule has 0 unspecified atom stereocenters. The largest absolute Gasteiger partial charge is 0.376 e. The average molecular weight is 245 g/mol. The van der Waals surface area contributed by atoms with Gasteiger partial charge in [-0.2, -0.15) is 0 Å². The molecule has 0 amide bonds. The molecule has 1 aromatic carbocycles. The van der Waals surface area contributed by atoms with Crippen LogP contribution in [-0.2, 0) is 11.3 Å². The van der Waals surface area contributed by atoms with Crippen LogP contribution in [0.2, 0.25) is 0 Å². The molecule has 0 aliphatic rings. The Morgan fingerprint density at radius 3 is 2.61 bits per heavy atom. The van der Waals surface area contributed by atoms with Gasteiger partial charge in [0.1, 0.15) is 12.1 Å². The van der Waals surface area contributed by atoms with Gasteiger partial charge < -0.3 is 4.90 Å². The van der Waals surface area contributed by atoms with E-state index in [1.54, 1.807) is 24.3 Å². The number of aldehydes is 1. The summed E-state index contributed by atoms with van der Waals surface area (Å²) in [5.41, 5.74) is 1.55. The van der Waals surface area contributed by atoms with E-state index in [-0.39, 0.29) is 5.82 Å². The minimum Gasteiger partial charge on any atom is -0.376 e. The molecule has 0 spiro atoms. The van der Waals surface area contributed by atoms with Gasteiger partial charge in [-0.05, 0) is 30.0 Å². The van der Waals surface area contributed by atoms with Crippen molar-refractivity contribution in [1.29, 1.82) is 0 Å². The molecule has 0 aliphatic carbocycles. The van der Waals surface area contributed by atoms with Gasteiger partial charge in [0.15, 0.2) is 0 Å². The predicted molar refractivity (Wildman–Crippen MR) is 71.4 cm³/mol. The fourth-order valence-electron chi connectivity index (χ4n) is 1.39. The number of allylic oxidation sites excluding steroid dienone is 4.